The van der Waals surface area contributed by atoms with Crippen molar-refractivity contribution in [2.75, 3.05) is 20.2 Å². The number of sulfonamides is 1. The standard InChI is InChI=1S/C26H27F2N3O5S/c1-17-25(24(36-30-17)10-8-18-7-9-21(27)15-22(18)28)37(33,34)31-13-11-19(12-14-31)26(32)29-16-20-5-3-4-6-23(20)35-2/h3-10,15,19H,11-14,16H2,1-2H3,(H,29,32). The number of aryl methyl sites for hydroxylation is 1. The van der Waals surface area contributed by atoms with E-state index in [0.717, 1.165) is 17.7 Å². The fourth-order valence-electron chi connectivity index (χ4n) is 4.26. The van der Waals surface area contributed by atoms with Crippen molar-refractivity contribution in [1.82, 2.24) is 14.8 Å². The van der Waals surface area contributed by atoms with Crippen LogP contribution in [0.5, 0.6) is 5.75 Å². The van der Waals surface area contributed by atoms with Crippen molar-refractivity contribution < 1.29 is 31.3 Å². The van der Waals surface area contributed by atoms with Gasteiger partial charge in [0.1, 0.15) is 23.1 Å². The number of halogens is 2. The van der Waals surface area contributed by atoms with Crippen molar-refractivity contribution in [3.63, 3.8) is 0 Å². The molecule has 4 rings (SSSR count). The fourth-order valence-corrected chi connectivity index (χ4v) is 5.98. The van der Waals surface area contributed by atoms with Gasteiger partial charge in [-0.15, -0.1) is 0 Å². The van der Waals surface area contributed by atoms with Gasteiger partial charge in [-0.2, -0.15) is 4.31 Å². The van der Waals surface area contributed by atoms with Gasteiger partial charge < -0.3 is 14.6 Å². The third kappa shape index (κ3) is 5.89. The number of carbonyl (C=O) groups is 1. The lowest BCUT2D eigenvalue weighted by Crippen LogP contribution is -2.43. The van der Waals surface area contributed by atoms with E-state index in [1.165, 1.54) is 29.4 Å². The smallest absolute Gasteiger partial charge is 0.248 e. The highest BCUT2D eigenvalue weighted by molar-refractivity contribution is 7.89. The van der Waals surface area contributed by atoms with Crippen LogP contribution in [-0.2, 0) is 21.4 Å². The number of rotatable bonds is 8. The van der Waals surface area contributed by atoms with Crippen LogP contribution >= 0.6 is 0 Å². The Morgan fingerprint density at radius 1 is 1.19 bits per heavy atom. The fraction of sp³-hybridized carbons (Fsp3) is 0.308. The van der Waals surface area contributed by atoms with Crippen LogP contribution < -0.4 is 10.1 Å². The molecule has 2 heterocycles. The molecule has 1 aromatic heterocycles. The molecule has 1 N–H and O–H groups in total. The van der Waals surface area contributed by atoms with Crippen LogP contribution in [-0.4, -0.2) is 44.0 Å². The van der Waals surface area contributed by atoms with Gasteiger partial charge in [0, 0.05) is 42.7 Å². The van der Waals surface area contributed by atoms with E-state index in [0.29, 0.717) is 25.1 Å². The Morgan fingerprint density at radius 2 is 1.92 bits per heavy atom. The van der Waals surface area contributed by atoms with E-state index < -0.39 is 21.7 Å². The maximum absolute atomic E-state index is 14.0. The molecule has 0 saturated carbocycles. The summed E-state index contributed by atoms with van der Waals surface area (Å²) in [5, 5.41) is 6.68. The molecule has 1 saturated heterocycles. The van der Waals surface area contributed by atoms with Gasteiger partial charge in [-0.25, -0.2) is 17.2 Å². The Hall–Kier alpha value is -3.57. The monoisotopic (exact) mass is 531 g/mol. The molecule has 196 valence electrons. The van der Waals surface area contributed by atoms with Gasteiger partial charge in [0.15, 0.2) is 10.7 Å². The Labute approximate surface area is 214 Å². The number of piperidine rings is 1. The lowest BCUT2D eigenvalue weighted by molar-refractivity contribution is -0.126. The zero-order valence-electron chi connectivity index (χ0n) is 20.4. The highest BCUT2D eigenvalue weighted by Gasteiger charge is 2.36. The van der Waals surface area contributed by atoms with Crippen LogP contribution in [0.2, 0.25) is 0 Å². The van der Waals surface area contributed by atoms with E-state index in [9.17, 15) is 22.0 Å². The summed E-state index contributed by atoms with van der Waals surface area (Å²) in [6, 6.07) is 10.5. The quantitative estimate of drug-likeness (QED) is 0.469. The Kier molecular flexibility index (Phi) is 8.03. The van der Waals surface area contributed by atoms with Gasteiger partial charge in [0.05, 0.1) is 7.11 Å². The number of para-hydroxylation sites is 1. The number of hydrogen-bond acceptors (Lipinski definition) is 6. The molecule has 1 fully saturated rings. The molecule has 37 heavy (non-hydrogen) atoms. The molecule has 0 radical (unpaired) electrons. The lowest BCUT2D eigenvalue weighted by Gasteiger charge is -2.30. The summed E-state index contributed by atoms with van der Waals surface area (Å²) in [4.78, 5) is 12.6. The molecular weight excluding hydrogens is 504 g/mol. The summed E-state index contributed by atoms with van der Waals surface area (Å²) in [6.45, 7) is 2.11. The first-order chi connectivity index (χ1) is 17.7. The number of benzene rings is 2. The number of hydrogen-bond donors (Lipinski definition) is 1. The molecule has 1 amide bonds. The largest absolute Gasteiger partial charge is 0.496 e. The minimum Gasteiger partial charge on any atom is -0.496 e. The summed E-state index contributed by atoms with van der Waals surface area (Å²) in [5.74, 6) is -1.36. The highest BCUT2D eigenvalue weighted by atomic mass is 32.2. The molecule has 0 bridgehead atoms. The second-order valence-electron chi connectivity index (χ2n) is 8.67. The molecule has 11 heteroatoms. The minimum atomic E-state index is -3.99. The number of methoxy groups -OCH3 is 1. The molecular formula is C26H27F2N3O5S. The minimum absolute atomic E-state index is 0.0575. The van der Waals surface area contributed by atoms with Crippen molar-refractivity contribution >= 4 is 28.1 Å². The summed E-state index contributed by atoms with van der Waals surface area (Å²) >= 11 is 0. The van der Waals surface area contributed by atoms with Crippen molar-refractivity contribution in [1.29, 1.82) is 0 Å². The predicted molar refractivity (Wildman–Crippen MR) is 133 cm³/mol. The number of ether oxygens (including phenoxy) is 1. The normalized spacial score (nSPS) is 15.2. The highest BCUT2D eigenvalue weighted by Crippen LogP contribution is 2.29. The van der Waals surface area contributed by atoms with Crippen molar-refractivity contribution in [2.45, 2.75) is 31.2 Å². The Bertz CT molecular complexity index is 1410. The molecule has 0 spiro atoms. The van der Waals surface area contributed by atoms with E-state index in [2.05, 4.69) is 10.5 Å². The molecule has 8 nitrogen and oxygen atoms in total. The zero-order valence-corrected chi connectivity index (χ0v) is 21.2. The summed E-state index contributed by atoms with van der Waals surface area (Å²) < 4.78 is 65.8. The van der Waals surface area contributed by atoms with Crippen LogP contribution in [0.15, 0.2) is 51.9 Å². The summed E-state index contributed by atoms with van der Waals surface area (Å²) in [5.41, 5.74) is 1.08. The maximum Gasteiger partial charge on any atom is 0.248 e. The Balaban J connectivity index is 1.42. The molecule has 3 aromatic rings. The average molecular weight is 532 g/mol. The van der Waals surface area contributed by atoms with E-state index >= 15 is 0 Å². The second-order valence-corrected chi connectivity index (χ2v) is 10.5. The predicted octanol–water partition coefficient (Wildman–Crippen LogP) is 4.16. The third-order valence-electron chi connectivity index (χ3n) is 6.28. The van der Waals surface area contributed by atoms with Gasteiger partial charge in [0.2, 0.25) is 15.9 Å². The first-order valence-electron chi connectivity index (χ1n) is 11.7. The summed E-state index contributed by atoms with van der Waals surface area (Å²) in [6.07, 6.45) is 3.30. The lowest BCUT2D eigenvalue weighted by atomic mass is 9.97. The van der Waals surface area contributed by atoms with Gasteiger partial charge >= 0.3 is 0 Å². The SMILES string of the molecule is COc1ccccc1CNC(=O)C1CCN(S(=O)(=O)c2c(C)noc2C=Cc2ccc(F)cc2F)CC1. The van der Waals surface area contributed by atoms with Crippen LogP contribution in [0.25, 0.3) is 12.2 Å². The van der Waals surface area contributed by atoms with Crippen molar-refractivity contribution in [3.05, 3.63) is 76.7 Å². The molecule has 2 aromatic carbocycles. The first kappa shape index (κ1) is 26.5. The molecule has 1 aliphatic rings. The van der Waals surface area contributed by atoms with E-state index in [1.54, 1.807) is 7.11 Å². The van der Waals surface area contributed by atoms with Crippen molar-refractivity contribution in [3.8, 4) is 5.75 Å². The van der Waals surface area contributed by atoms with Crippen LogP contribution in [0.1, 0.15) is 35.4 Å². The van der Waals surface area contributed by atoms with E-state index in [4.69, 9.17) is 9.26 Å². The number of aromatic nitrogens is 1. The van der Waals surface area contributed by atoms with E-state index in [1.807, 2.05) is 24.3 Å². The summed E-state index contributed by atoms with van der Waals surface area (Å²) in [7, 11) is -2.42. The molecule has 0 aliphatic carbocycles. The third-order valence-corrected chi connectivity index (χ3v) is 8.34. The number of amides is 1. The number of nitrogens with zero attached hydrogens (tertiary/aromatic N) is 2. The van der Waals surface area contributed by atoms with Crippen LogP contribution in [0.4, 0.5) is 8.78 Å². The van der Waals surface area contributed by atoms with Gasteiger partial charge in [-0.3, -0.25) is 4.79 Å². The molecule has 0 unspecified atom stereocenters. The van der Waals surface area contributed by atoms with Crippen LogP contribution in [0.3, 0.4) is 0 Å². The topological polar surface area (TPSA) is 102 Å². The van der Waals surface area contributed by atoms with E-state index in [-0.39, 0.29) is 46.8 Å². The number of carbonyl (C=O) groups excluding carboxylic acids is 1. The van der Waals surface area contributed by atoms with Gasteiger partial charge in [-0.1, -0.05) is 23.4 Å². The zero-order chi connectivity index (χ0) is 26.6. The molecule has 0 atom stereocenters. The first-order valence-corrected chi connectivity index (χ1v) is 13.1. The second kappa shape index (κ2) is 11.2. The maximum atomic E-state index is 14.0. The van der Waals surface area contributed by atoms with Crippen molar-refractivity contribution in [2.24, 2.45) is 5.92 Å². The average Bonchev–Trinajstić information content (AvgIpc) is 3.28. The van der Waals surface area contributed by atoms with Gasteiger partial charge in [0.25, 0.3) is 0 Å². The molecule has 1 aliphatic heterocycles. The number of nitrogens with one attached hydrogen (secondary N) is 1. The van der Waals surface area contributed by atoms with Crippen LogP contribution in [0, 0.1) is 24.5 Å². The Morgan fingerprint density at radius 3 is 2.62 bits per heavy atom. The van der Waals surface area contributed by atoms with Gasteiger partial charge in [-0.05, 0) is 50.1 Å².